The van der Waals surface area contributed by atoms with Gasteiger partial charge in [0.25, 0.3) is 11.8 Å². The molecular formula is C36H36F5N4O5S-. The quantitative estimate of drug-likeness (QED) is 0.0876. The second-order valence-electron chi connectivity index (χ2n) is 12.7. The number of anilines is 1. The standard InChI is InChI=1S/C36H37F5N4O5S/c1-35-16-7-17-45(35)44(20-23-11-10-21(30(37)31(23)38)8-5-3-4-6-9-28(46)47)34(50)29(32(35)48)33(49)43-26-14-13-24(36(39,40)41)18-25(26)22-12-15-27(51-2)42-19-22/h10-15,18-19,48H,3-9,16-17,20H2,1-2H3,(H,43,49)(H,46,47)/p-1/t35-/m1/s1. The number of unbranched alkanes of at least 4 members (excludes halogenated alkanes) is 3. The summed E-state index contributed by atoms with van der Waals surface area (Å²) in [5.41, 5.74) is -2.80. The summed E-state index contributed by atoms with van der Waals surface area (Å²) in [7, 11) is 0. The minimum absolute atomic E-state index is 0.0255. The molecule has 2 aliphatic heterocycles. The molecule has 0 unspecified atom stereocenters. The normalized spacial score (nSPS) is 17.9. The number of amides is 2. The van der Waals surface area contributed by atoms with E-state index >= 15 is 8.78 Å². The monoisotopic (exact) mass is 731 g/mol. The lowest BCUT2D eigenvalue weighted by Gasteiger charge is -2.46. The van der Waals surface area contributed by atoms with Crippen molar-refractivity contribution in [3.05, 3.63) is 88.3 Å². The largest absolute Gasteiger partial charge is 0.550 e. The van der Waals surface area contributed by atoms with Crippen LogP contribution in [0.25, 0.3) is 11.1 Å². The molecule has 1 fully saturated rings. The molecule has 51 heavy (non-hydrogen) atoms. The van der Waals surface area contributed by atoms with E-state index in [0.29, 0.717) is 43.6 Å². The van der Waals surface area contributed by atoms with Crippen LogP contribution < -0.4 is 10.4 Å². The molecule has 1 aromatic heterocycles. The Bertz CT molecular complexity index is 1850. The number of aliphatic carboxylic acids is 1. The van der Waals surface area contributed by atoms with E-state index in [0.717, 1.165) is 23.2 Å². The summed E-state index contributed by atoms with van der Waals surface area (Å²) >= 11 is 1.33. The molecule has 2 aromatic carbocycles. The van der Waals surface area contributed by atoms with E-state index in [2.05, 4.69) is 10.3 Å². The van der Waals surface area contributed by atoms with Crippen LogP contribution in [-0.4, -0.2) is 56.2 Å². The molecule has 1 atom stereocenters. The number of aliphatic hydroxyl groups excluding tert-OH is 1. The van der Waals surface area contributed by atoms with Crippen LogP contribution in [0, 0.1) is 11.6 Å². The molecule has 3 aromatic rings. The summed E-state index contributed by atoms with van der Waals surface area (Å²) in [5.74, 6) is -6.02. The number of nitrogens with one attached hydrogen (secondary N) is 1. The number of hydrazine groups is 1. The van der Waals surface area contributed by atoms with Gasteiger partial charge in [-0.2, -0.15) is 13.2 Å². The second kappa shape index (κ2) is 15.4. The zero-order valence-electron chi connectivity index (χ0n) is 27.9. The zero-order chi connectivity index (χ0) is 37.1. The maximum atomic E-state index is 15.5. The Morgan fingerprint density at radius 3 is 2.41 bits per heavy atom. The van der Waals surface area contributed by atoms with Gasteiger partial charge < -0.3 is 20.3 Å². The maximum absolute atomic E-state index is 15.5. The van der Waals surface area contributed by atoms with E-state index in [1.54, 1.807) is 25.3 Å². The molecule has 9 nitrogen and oxygen atoms in total. The van der Waals surface area contributed by atoms with Crippen LogP contribution in [0.2, 0.25) is 0 Å². The van der Waals surface area contributed by atoms with E-state index in [1.807, 2.05) is 0 Å². The molecule has 0 bridgehead atoms. The van der Waals surface area contributed by atoms with E-state index in [1.165, 1.54) is 35.1 Å². The lowest BCUT2D eigenvalue weighted by molar-refractivity contribution is -0.305. The van der Waals surface area contributed by atoms with Crippen LogP contribution in [0.5, 0.6) is 0 Å². The molecule has 2 N–H and O–H groups in total. The molecule has 2 aliphatic rings. The number of aryl methyl sites for hydroxylation is 1. The van der Waals surface area contributed by atoms with Gasteiger partial charge >= 0.3 is 6.18 Å². The first-order valence-corrected chi connectivity index (χ1v) is 17.6. The number of halogens is 5. The average molecular weight is 732 g/mol. The summed E-state index contributed by atoms with van der Waals surface area (Å²) in [6.07, 6.45) is 1.55. The van der Waals surface area contributed by atoms with Crippen molar-refractivity contribution in [1.82, 2.24) is 15.0 Å². The number of carbonyl (C=O) groups is 3. The number of alkyl halides is 3. The maximum Gasteiger partial charge on any atom is 0.416 e. The van der Waals surface area contributed by atoms with Crippen LogP contribution in [0.15, 0.2) is 65.0 Å². The zero-order valence-corrected chi connectivity index (χ0v) is 28.7. The molecule has 15 heteroatoms. The van der Waals surface area contributed by atoms with Gasteiger partial charge in [0, 0.05) is 41.1 Å². The predicted octanol–water partition coefficient (Wildman–Crippen LogP) is 6.57. The highest BCUT2D eigenvalue weighted by atomic mass is 32.2. The summed E-state index contributed by atoms with van der Waals surface area (Å²) in [6.45, 7) is 1.41. The van der Waals surface area contributed by atoms with Gasteiger partial charge in [-0.3, -0.25) is 14.6 Å². The fraction of sp³-hybridized carbons (Fsp3) is 0.389. The van der Waals surface area contributed by atoms with Crippen LogP contribution in [-0.2, 0) is 33.5 Å². The number of carbonyl (C=O) groups excluding carboxylic acids is 3. The molecule has 5 rings (SSSR count). The topological polar surface area (TPSA) is 126 Å². The van der Waals surface area contributed by atoms with Gasteiger partial charge in [0.2, 0.25) is 0 Å². The molecule has 2 amide bonds. The Balaban J connectivity index is 1.41. The van der Waals surface area contributed by atoms with Crippen LogP contribution in [0.3, 0.4) is 0 Å². The number of rotatable bonds is 13. The Kier molecular flexibility index (Phi) is 11.4. The third-order valence-corrected chi connectivity index (χ3v) is 9.97. The fourth-order valence-corrected chi connectivity index (χ4v) is 6.87. The number of benzene rings is 2. The van der Waals surface area contributed by atoms with E-state index in [-0.39, 0.29) is 47.3 Å². The molecule has 0 aliphatic carbocycles. The van der Waals surface area contributed by atoms with Crippen molar-refractivity contribution < 1.29 is 46.5 Å². The van der Waals surface area contributed by atoms with Gasteiger partial charge in [-0.25, -0.2) is 18.8 Å². The minimum atomic E-state index is -4.69. The number of hydrogen-bond donors (Lipinski definition) is 2. The lowest BCUT2D eigenvalue weighted by Crippen LogP contribution is -2.60. The molecule has 272 valence electrons. The van der Waals surface area contributed by atoms with Crippen molar-refractivity contribution in [2.45, 2.75) is 81.6 Å². The molecular weight excluding hydrogens is 695 g/mol. The average Bonchev–Trinajstić information content (AvgIpc) is 3.49. The third-order valence-electron chi connectivity index (χ3n) is 9.31. The number of aromatic nitrogens is 1. The lowest BCUT2D eigenvalue weighted by atomic mass is 9.90. The predicted molar refractivity (Wildman–Crippen MR) is 178 cm³/mol. The first-order chi connectivity index (χ1) is 24.1. The number of carboxylic acid groups (broad SMARTS) is 1. The first-order valence-electron chi connectivity index (χ1n) is 16.4. The Hall–Kier alpha value is -4.50. The van der Waals surface area contributed by atoms with Crippen molar-refractivity contribution in [1.29, 1.82) is 0 Å². The Labute approximate surface area is 295 Å². The van der Waals surface area contributed by atoms with Gasteiger partial charge in [-0.05, 0) is 81.5 Å². The van der Waals surface area contributed by atoms with Gasteiger partial charge in [0.1, 0.15) is 11.3 Å². The van der Waals surface area contributed by atoms with Crippen molar-refractivity contribution >= 4 is 35.2 Å². The summed E-state index contributed by atoms with van der Waals surface area (Å²) in [5, 5.41) is 27.7. The number of carboxylic acids is 1. The number of thioether (sulfide) groups is 1. The highest BCUT2D eigenvalue weighted by Crippen LogP contribution is 2.43. The Morgan fingerprint density at radius 1 is 1.04 bits per heavy atom. The molecule has 0 radical (unpaired) electrons. The van der Waals surface area contributed by atoms with Crippen LogP contribution in [0.4, 0.5) is 27.6 Å². The third kappa shape index (κ3) is 8.04. The van der Waals surface area contributed by atoms with Gasteiger partial charge in [0.05, 0.1) is 22.7 Å². The Morgan fingerprint density at radius 2 is 1.75 bits per heavy atom. The SMILES string of the molecule is CSc1ccc(-c2cc(C(F)(F)F)ccc2NC(=O)C2=C(O)[C@@]3(C)CCCN3N(Cc3ccc(CCCCCCC(=O)[O-])c(F)c3F)C2=O)cn1. The van der Waals surface area contributed by atoms with Crippen LogP contribution >= 0.6 is 11.8 Å². The van der Waals surface area contributed by atoms with Gasteiger partial charge in [-0.15, -0.1) is 11.8 Å². The number of aliphatic hydroxyl groups is 1. The number of fused-ring (bicyclic) bond motifs is 1. The smallest absolute Gasteiger partial charge is 0.416 e. The number of nitrogens with zero attached hydrogens (tertiary/aromatic N) is 3. The number of pyridine rings is 1. The summed E-state index contributed by atoms with van der Waals surface area (Å²) in [6, 6.07) is 8.61. The minimum Gasteiger partial charge on any atom is -0.550 e. The van der Waals surface area contributed by atoms with Crippen molar-refractivity contribution in [2.24, 2.45) is 0 Å². The molecule has 0 spiro atoms. The fourth-order valence-electron chi connectivity index (χ4n) is 6.51. The van der Waals surface area contributed by atoms with Crippen molar-refractivity contribution in [3.8, 4) is 11.1 Å². The van der Waals surface area contributed by atoms with Gasteiger partial charge in [-0.1, -0.05) is 31.0 Å². The van der Waals surface area contributed by atoms with E-state index < -0.39 is 64.6 Å². The summed E-state index contributed by atoms with van der Waals surface area (Å²) < 4.78 is 71.8. The highest BCUT2D eigenvalue weighted by molar-refractivity contribution is 7.98. The second-order valence-corrected chi connectivity index (χ2v) is 13.5. The molecule has 3 heterocycles. The highest BCUT2D eigenvalue weighted by Gasteiger charge is 2.52. The van der Waals surface area contributed by atoms with E-state index in [4.69, 9.17) is 0 Å². The van der Waals surface area contributed by atoms with E-state index in [9.17, 15) is 37.8 Å². The number of hydrogen-bond acceptors (Lipinski definition) is 8. The van der Waals surface area contributed by atoms with Crippen molar-refractivity contribution in [3.63, 3.8) is 0 Å². The first kappa shape index (κ1) is 37.7. The van der Waals surface area contributed by atoms with Crippen molar-refractivity contribution in [2.75, 3.05) is 18.1 Å². The molecule has 1 saturated heterocycles. The van der Waals surface area contributed by atoms with Crippen LogP contribution in [0.1, 0.15) is 68.6 Å². The van der Waals surface area contributed by atoms with Gasteiger partial charge in [0.15, 0.2) is 11.6 Å². The molecule has 0 saturated carbocycles. The summed E-state index contributed by atoms with van der Waals surface area (Å²) in [4.78, 5) is 42.6.